The number of rotatable bonds is 2. The molecular weight excluding hydrogens is 190 g/mol. The van der Waals surface area contributed by atoms with Crippen molar-refractivity contribution in [3.63, 3.8) is 0 Å². The number of hydrogen-bond donors (Lipinski definition) is 0. The van der Waals surface area contributed by atoms with E-state index in [1.54, 1.807) is 18.2 Å². The van der Waals surface area contributed by atoms with Gasteiger partial charge in [0.1, 0.15) is 0 Å². The third kappa shape index (κ3) is 6.11. The average Bonchev–Trinajstić information content (AvgIpc) is 2.19. The second kappa shape index (κ2) is 7.55. The lowest BCUT2D eigenvalue weighted by Crippen LogP contribution is -1.84. The normalized spacial score (nSPS) is 8.46. The van der Waals surface area contributed by atoms with Gasteiger partial charge in [-0.15, -0.1) is 11.6 Å². The monoisotopic (exact) mass is 201 g/mol. The fourth-order valence-corrected chi connectivity index (χ4v) is 0.550. The zero-order chi connectivity index (χ0) is 10.1. The SMILES string of the molecule is CCCCl.O=[N+]([O-])c1ccccc1. The maximum atomic E-state index is 10.0. The Labute approximate surface area is 82.5 Å². The summed E-state index contributed by atoms with van der Waals surface area (Å²) in [6.07, 6.45) is 1.08. The summed E-state index contributed by atoms with van der Waals surface area (Å²) in [5.41, 5.74) is 0.137. The molecule has 0 saturated heterocycles. The molecule has 3 nitrogen and oxygen atoms in total. The van der Waals surface area contributed by atoms with Gasteiger partial charge in [0.2, 0.25) is 0 Å². The molecule has 0 heterocycles. The van der Waals surface area contributed by atoms with Crippen LogP contribution in [0.2, 0.25) is 0 Å². The number of halogens is 1. The van der Waals surface area contributed by atoms with Gasteiger partial charge in [-0.2, -0.15) is 0 Å². The zero-order valence-corrected chi connectivity index (χ0v) is 8.20. The van der Waals surface area contributed by atoms with Crippen molar-refractivity contribution in [1.29, 1.82) is 0 Å². The van der Waals surface area contributed by atoms with Crippen molar-refractivity contribution in [3.05, 3.63) is 40.4 Å². The molecule has 0 spiro atoms. The number of nitrogens with zero attached hydrogens (tertiary/aromatic N) is 1. The van der Waals surface area contributed by atoms with Crippen LogP contribution in [0.15, 0.2) is 30.3 Å². The number of hydrogen-bond acceptors (Lipinski definition) is 2. The topological polar surface area (TPSA) is 43.1 Å². The van der Waals surface area contributed by atoms with Gasteiger partial charge in [0.15, 0.2) is 0 Å². The molecule has 0 N–H and O–H groups in total. The van der Waals surface area contributed by atoms with Gasteiger partial charge >= 0.3 is 0 Å². The number of alkyl halides is 1. The van der Waals surface area contributed by atoms with Crippen LogP contribution < -0.4 is 0 Å². The van der Waals surface area contributed by atoms with Crippen molar-refractivity contribution in [1.82, 2.24) is 0 Å². The van der Waals surface area contributed by atoms with E-state index < -0.39 is 4.92 Å². The van der Waals surface area contributed by atoms with E-state index in [0.717, 1.165) is 12.3 Å². The quantitative estimate of drug-likeness (QED) is 0.419. The molecule has 0 fully saturated rings. The molecule has 0 radical (unpaired) electrons. The van der Waals surface area contributed by atoms with E-state index in [9.17, 15) is 10.1 Å². The maximum absolute atomic E-state index is 10.0. The fourth-order valence-electron chi connectivity index (χ4n) is 0.550. The molecule has 1 aromatic carbocycles. The molecule has 1 rings (SSSR count). The van der Waals surface area contributed by atoms with Gasteiger partial charge in [0.25, 0.3) is 5.69 Å². The van der Waals surface area contributed by atoms with Crippen LogP contribution in [-0.4, -0.2) is 10.8 Å². The molecule has 0 amide bonds. The number of para-hydroxylation sites is 1. The minimum atomic E-state index is -0.417. The highest BCUT2D eigenvalue weighted by atomic mass is 35.5. The zero-order valence-electron chi connectivity index (χ0n) is 7.44. The lowest BCUT2D eigenvalue weighted by Gasteiger charge is -1.85. The molecule has 72 valence electrons. The molecule has 0 bridgehead atoms. The van der Waals surface area contributed by atoms with Crippen molar-refractivity contribution in [3.8, 4) is 0 Å². The van der Waals surface area contributed by atoms with Crippen LogP contribution in [0.4, 0.5) is 5.69 Å². The molecule has 0 atom stereocenters. The van der Waals surface area contributed by atoms with Gasteiger partial charge in [0.05, 0.1) is 4.92 Å². The molecule has 0 saturated carbocycles. The third-order valence-electron chi connectivity index (χ3n) is 1.16. The van der Waals surface area contributed by atoms with Crippen LogP contribution in [0.1, 0.15) is 13.3 Å². The van der Waals surface area contributed by atoms with E-state index in [4.69, 9.17) is 11.6 Å². The Morgan fingerprint density at radius 2 is 1.85 bits per heavy atom. The van der Waals surface area contributed by atoms with Crippen molar-refractivity contribution < 1.29 is 4.92 Å². The number of nitro benzene ring substituents is 1. The Balaban J connectivity index is 0.000000310. The van der Waals surface area contributed by atoms with Crippen LogP contribution in [-0.2, 0) is 0 Å². The van der Waals surface area contributed by atoms with Gasteiger partial charge < -0.3 is 0 Å². The Hall–Kier alpha value is -1.09. The summed E-state index contributed by atoms with van der Waals surface area (Å²) in [6.45, 7) is 2.05. The summed E-state index contributed by atoms with van der Waals surface area (Å²) in [5, 5.41) is 10.0. The van der Waals surface area contributed by atoms with E-state index in [1.165, 1.54) is 12.1 Å². The first-order chi connectivity index (χ1) is 6.22. The van der Waals surface area contributed by atoms with Crippen LogP contribution in [0.5, 0.6) is 0 Å². The van der Waals surface area contributed by atoms with Crippen LogP contribution >= 0.6 is 11.6 Å². The second-order valence-electron chi connectivity index (χ2n) is 2.28. The Morgan fingerprint density at radius 1 is 1.38 bits per heavy atom. The summed E-state index contributed by atoms with van der Waals surface area (Å²) in [7, 11) is 0. The van der Waals surface area contributed by atoms with E-state index in [2.05, 4.69) is 0 Å². The third-order valence-corrected chi connectivity index (χ3v) is 1.53. The first kappa shape index (κ1) is 11.9. The second-order valence-corrected chi connectivity index (χ2v) is 2.66. The smallest absolute Gasteiger partial charge is 0.258 e. The van der Waals surface area contributed by atoms with Gasteiger partial charge in [-0.3, -0.25) is 10.1 Å². The Bertz CT molecular complexity index is 237. The predicted molar refractivity (Wildman–Crippen MR) is 54.1 cm³/mol. The van der Waals surface area contributed by atoms with E-state index in [-0.39, 0.29) is 5.69 Å². The van der Waals surface area contributed by atoms with Crippen LogP contribution in [0.3, 0.4) is 0 Å². The average molecular weight is 202 g/mol. The standard InChI is InChI=1S/C6H5NO2.C3H7Cl/c8-7(9)6-4-2-1-3-5-6;1-2-3-4/h1-5H;2-3H2,1H3. The van der Waals surface area contributed by atoms with Crippen molar-refractivity contribution in [2.24, 2.45) is 0 Å². The first-order valence-electron chi connectivity index (χ1n) is 3.97. The molecule has 4 heteroatoms. The molecule has 0 aliphatic heterocycles. The van der Waals surface area contributed by atoms with Crippen LogP contribution in [0, 0.1) is 10.1 Å². The molecule has 0 unspecified atom stereocenters. The highest BCUT2D eigenvalue weighted by Gasteiger charge is 1.98. The Morgan fingerprint density at radius 3 is 2.08 bits per heavy atom. The van der Waals surface area contributed by atoms with Crippen LogP contribution in [0.25, 0.3) is 0 Å². The van der Waals surface area contributed by atoms with E-state index in [0.29, 0.717) is 0 Å². The fraction of sp³-hybridized carbons (Fsp3) is 0.333. The molecule has 0 aliphatic rings. The van der Waals surface area contributed by atoms with Crippen molar-refractivity contribution in [2.45, 2.75) is 13.3 Å². The van der Waals surface area contributed by atoms with Gasteiger partial charge in [-0.25, -0.2) is 0 Å². The minimum Gasteiger partial charge on any atom is -0.258 e. The molecular formula is C9H12ClNO2. The maximum Gasteiger partial charge on any atom is 0.269 e. The Kier molecular flexibility index (Phi) is 6.92. The van der Waals surface area contributed by atoms with Crippen molar-refractivity contribution in [2.75, 3.05) is 5.88 Å². The van der Waals surface area contributed by atoms with Gasteiger partial charge in [-0.1, -0.05) is 25.1 Å². The summed E-state index contributed by atoms with van der Waals surface area (Å²) in [6, 6.07) is 7.93. The lowest BCUT2D eigenvalue weighted by molar-refractivity contribution is -0.384. The van der Waals surface area contributed by atoms with E-state index >= 15 is 0 Å². The summed E-state index contributed by atoms with van der Waals surface area (Å²) < 4.78 is 0. The van der Waals surface area contributed by atoms with E-state index in [1.807, 2.05) is 6.92 Å². The highest BCUT2D eigenvalue weighted by Crippen LogP contribution is 2.06. The lowest BCUT2D eigenvalue weighted by atomic mass is 10.3. The molecule has 1 aromatic rings. The van der Waals surface area contributed by atoms with Crippen molar-refractivity contribution >= 4 is 17.3 Å². The molecule has 0 aliphatic carbocycles. The number of nitro groups is 1. The van der Waals surface area contributed by atoms with Gasteiger partial charge in [-0.05, 0) is 6.42 Å². The molecule has 13 heavy (non-hydrogen) atoms. The minimum absolute atomic E-state index is 0.137. The largest absolute Gasteiger partial charge is 0.269 e. The number of benzene rings is 1. The summed E-state index contributed by atoms with van der Waals surface area (Å²) in [4.78, 5) is 9.59. The van der Waals surface area contributed by atoms with Gasteiger partial charge in [0, 0.05) is 18.0 Å². The highest BCUT2D eigenvalue weighted by molar-refractivity contribution is 6.17. The summed E-state index contributed by atoms with van der Waals surface area (Å²) in [5.74, 6) is 0.792. The number of non-ortho nitro benzene ring substituents is 1. The molecule has 0 aromatic heterocycles. The first-order valence-corrected chi connectivity index (χ1v) is 4.51. The summed E-state index contributed by atoms with van der Waals surface area (Å²) >= 11 is 5.19. The predicted octanol–water partition coefficient (Wildman–Crippen LogP) is 3.23.